The maximum absolute atomic E-state index is 13.6. The average molecular weight is 1190 g/mol. The predicted molar refractivity (Wildman–Crippen MR) is 358 cm³/mol. The third-order valence-electron chi connectivity index (χ3n) is 16.6. The van der Waals surface area contributed by atoms with E-state index in [0.717, 1.165) is 77.0 Å². The fourth-order valence-electron chi connectivity index (χ4n) is 11.0. The lowest BCUT2D eigenvalue weighted by atomic mass is 10.0. The van der Waals surface area contributed by atoms with E-state index in [9.17, 15) is 19.0 Å². The molecule has 0 saturated carbocycles. The van der Waals surface area contributed by atoms with Crippen LogP contribution in [0.5, 0.6) is 0 Å². The molecule has 1 amide bonds. The zero-order valence-electron chi connectivity index (χ0n) is 56.2. The van der Waals surface area contributed by atoms with E-state index in [1.807, 2.05) is 33.3 Å². The number of nitrogens with one attached hydrogen (secondary N) is 1. The van der Waals surface area contributed by atoms with Crippen LogP contribution < -0.4 is 10.2 Å². The number of amides is 1. The van der Waals surface area contributed by atoms with E-state index in [2.05, 4.69) is 50.4 Å². The molecule has 0 aliphatic heterocycles. The molecule has 0 heterocycles. The number of hydrogen-bond donors (Lipinski definition) is 1. The Kier molecular flexibility index (Phi) is 61.9. The predicted octanol–water partition coefficient (Wildman–Crippen LogP) is 22.4. The third-order valence-corrected chi connectivity index (χ3v) is 17.5. The summed E-state index contributed by atoms with van der Waals surface area (Å²) < 4.78 is 30.4. The maximum atomic E-state index is 13.6. The van der Waals surface area contributed by atoms with Gasteiger partial charge in [-0.2, -0.15) is 0 Å². The van der Waals surface area contributed by atoms with Gasteiger partial charge in [0.1, 0.15) is 19.3 Å². The highest BCUT2D eigenvalue weighted by Gasteiger charge is 2.27. The zero-order chi connectivity index (χ0) is 60.7. The minimum Gasteiger partial charge on any atom is -0.756 e. The summed E-state index contributed by atoms with van der Waals surface area (Å²) in [6, 6.07) is -0.887. The van der Waals surface area contributed by atoms with Gasteiger partial charge in [-0.3, -0.25) is 14.2 Å². The van der Waals surface area contributed by atoms with Crippen molar-refractivity contribution in [2.75, 3.05) is 40.9 Å². The number of phosphoric acid groups is 1. The third kappa shape index (κ3) is 64.5. The van der Waals surface area contributed by atoms with Gasteiger partial charge in [0.05, 0.1) is 33.8 Å². The van der Waals surface area contributed by atoms with Gasteiger partial charge in [-0.15, -0.1) is 0 Å². The second-order valence-corrected chi connectivity index (χ2v) is 27.5. The average Bonchev–Trinajstić information content (AvgIpc) is 3.52. The SMILES string of the molecule is CCCCC/C=C\C/C=C\CCCCCCCCCCCC(=O)NC(COP(=O)([O-])OCC[N+](C)(C)C)C(/C=C\CCCCCCCCCCC)OC(=O)CCCCCCCCCCCCCCCCCCCCCCCCCCCCC. The summed E-state index contributed by atoms with van der Waals surface area (Å²) in [5.41, 5.74) is 0. The Morgan fingerprint density at radius 1 is 0.422 bits per heavy atom. The van der Waals surface area contributed by atoms with Gasteiger partial charge in [0.2, 0.25) is 5.91 Å². The molecule has 0 bridgehead atoms. The molecule has 0 fully saturated rings. The van der Waals surface area contributed by atoms with Crippen molar-refractivity contribution >= 4 is 19.7 Å². The van der Waals surface area contributed by atoms with Gasteiger partial charge < -0.3 is 28.5 Å². The number of ether oxygens (including phenoxy) is 1. The minimum atomic E-state index is -4.70. The Morgan fingerprint density at radius 3 is 1.11 bits per heavy atom. The van der Waals surface area contributed by atoms with Crippen molar-refractivity contribution in [2.24, 2.45) is 0 Å². The van der Waals surface area contributed by atoms with E-state index in [1.165, 1.54) is 257 Å². The lowest BCUT2D eigenvalue weighted by molar-refractivity contribution is -0.870. The van der Waals surface area contributed by atoms with Crippen molar-refractivity contribution < 1.29 is 37.3 Å². The largest absolute Gasteiger partial charge is 0.756 e. The summed E-state index contributed by atoms with van der Waals surface area (Å²) in [6.07, 6.45) is 78.5. The topological polar surface area (TPSA) is 114 Å². The smallest absolute Gasteiger partial charge is 0.306 e. The first-order valence-corrected chi connectivity index (χ1v) is 37.8. The highest BCUT2D eigenvalue weighted by atomic mass is 31.2. The summed E-state index contributed by atoms with van der Waals surface area (Å²) in [6.45, 7) is 6.87. The Bertz CT molecular complexity index is 1510. The molecule has 0 aliphatic carbocycles. The Labute approximate surface area is 516 Å². The van der Waals surface area contributed by atoms with E-state index < -0.39 is 20.0 Å². The number of carbonyl (C=O) groups excluding carboxylic acids is 2. The van der Waals surface area contributed by atoms with Crippen LogP contribution in [-0.2, 0) is 27.9 Å². The number of esters is 1. The molecule has 0 spiro atoms. The molecule has 0 aliphatic rings. The van der Waals surface area contributed by atoms with Crippen LogP contribution in [0.3, 0.4) is 0 Å². The Balaban J connectivity index is 4.93. The van der Waals surface area contributed by atoms with Gasteiger partial charge in [-0.05, 0) is 63.9 Å². The molecule has 0 radical (unpaired) electrons. The minimum absolute atomic E-state index is 0.0207. The van der Waals surface area contributed by atoms with Gasteiger partial charge in [-0.25, -0.2) is 0 Å². The monoisotopic (exact) mass is 1190 g/mol. The van der Waals surface area contributed by atoms with E-state index in [4.69, 9.17) is 13.8 Å². The molecule has 0 rings (SSSR count). The fourth-order valence-corrected chi connectivity index (χ4v) is 11.7. The van der Waals surface area contributed by atoms with Crippen LogP contribution in [0.4, 0.5) is 0 Å². The van der Waals surface area contributed by atoms with Crippen LogP contribution in [-0.4, -0.2) is 69.4 Å². The normalized spacial score (nSPS) is 13.7. The Hall–Kier alpha value is -1.77. The molecule has 490 valence electrons. The number of unbranched alkanes of at least 4 members (excludes halogenated alkanes) is 47. The van der Waals surface area contributed by atoms with Crippen molar-refractivity contribution in [3.8, 4) is 0 Å². The second-order valence-electron chi connectivity index (χ2n) is 26.1. The van der Waals surface area contributed by atoms with Crippen molar-refractivity contribution in [1.82, 2.24) is 5.32 Å². The standard InChI is InChI=1S/C73H141N2O7P/c1-7-10-13-16-19-22-25-27-29-31-33-34-35-36-37-38-39-40-42-44-46-48-51-54-57-60-63-66-73(77)82-71(64-61-58-55-52-49-24-21-18-15-12-9-3)70(69-81-83(78,79)80-68-67-75(4,5)6)74-72(76)65-62-59-56-53-50-47-45-43-41-32-30-28-26-23-20-17-14-11-8-2/h20,23,28,30,61,64,70-71H,7-19,21-22,24-27,29,31-60,62-63,65-69H2,1-6H3,(H-,74,76,78,79)/b23-20-,30-28-,64-61-. The summed E-state index contributed by atoms with van der Waals surface area (Å²) in [7, 11) is 1.20. The van der Waals surface area contributed by atoms with E-state index in [0.29, 0.717) is 17.4 Å². The first-order valence-electron chi connectivity index (χ1n) is 36.3. The summed E-state index contributed by atoms with van der Waals surface area (Å²) in [5, 5.41) is 3.04. The zero-order valence-corrected chi connectivity index (χ0v) is 57.1. The van der Waals surface area contributed by atoms with Crippen molar-refractivity contribution in [3.05, 3.63) is 36.5 Å². The second kappa shape index (κ2) is 63.3. The molecule has 10 heteroatoms. The van der Waals surface area contributed by atoms with E-state index in [-0.39, 0.29) is 31.5 Å². The number of hydrogen-bond acceptors (Lipinski definition) is 7. The number of quaternary nitrogens is 1. The number of phosphoric ester groups is 1. The molecule has 3 unspecified atom stereocenters. The van der Waals surface area contributed by atoms with Crippen LogP contribution in [0.15, 0.2) is 36.5 Å². The van der Waals surface area contributed by atoms with Crippen LogP contribution in [0, 0.1) is 0 Å². The fraction of sp³-hybridized carbons (Fsp3) is 0.890. The highest BCUT2D eigenvalue weighted by Crippen LogP contribution is 2.38. The lowest BCUT2D eigenvalue weighted by Crippen LogP contribution is -2.47. The highest BCUT2D eigenvalue weighted by molar-refractivity contribution is 7.45. The first-order chi connectivity index (χ1) is 40.4. The molecule has 0 aromatic carbocycles. The van der Waals surface area contributed by atoms with Gasteiger partial charge >= 0.3 is 5.97 Å². The number of likely N-dealkylation sites (N-methyl/N-ethyl adjacent to an activating group) is 1. The maximum Gasteiger partial charge on any atom is 0.306 e. The number of rotatable bonds is 67. The molecule has 0 saturated heterocycles. The molecule has 0 aromatic heterocycles. The summed E-state index contributed by atoms with van der Waals surface area (Å²) in [4.78, 5) is 40.1. The van der Waals surface area contributed by atoms with E-state index in [1.54, 1.807) is 0 Å². The van der Waals surface area contributed by atoms with Crippen molar-refractivity contribution in [2.45, 2.75) is 380 Å². The summed E-state index contributed by atoms with van der Waals surface area (Å²) >= 11 is 0. The first kappa shape index (κ1) is 81.2. The number of nitrogens with zero attached hydrogens (tertiary/aromatic N) is 1. The van der Waals surface area contributed by atoms with Crippen LogP contribution >= 0.6 is 7.82 Å². The van der Waals surface area contributed by atoms with Gasteiger partial charge in [0, 0.05) is 12.8 Å². The van der Waals surface area contributed by atoms with Crippen LogP contribution in [0.25, 0.3) is 0 Å². The Morgan fingerprint density at radius 2 is 0.735 bits per heavy atom. The molecule has 3 atom stereocenters. The molecular weight excluding hydrogens is 1050 g/mol. The molecule has 9 nitrogen and oxygen atoms in total. The van der Waals surface area contributed by atoms with Gasteiger partial charge in [0.25, 0.3) is 7.82 Å². The molecule has 1 N–H and O–H groups in total. The lowest BCUT2D eigenvalue weighted by Gasteiger charge is -2.30. The van der Waals surface area contributed by atoms with Crippen molar-refractivity contribution in [1.29, 1.82) is 0 Å². The van der Waals surface area contributed by atoms with Gasteiger partial charge in [-0.1, -0.05) is 327 Å². The number of carbonyl (C=O) groups is 2. The molecular formula is C73H141N2O7P. The van der Waals surface area contributed by atoms with Crippen LogP contribution in [0.2, 0.25) is 0 Å². The quantitative estimate of drug-likeness (QED) is 0.0212. The molecule has 0 aromatic rings. The summed E-state index contributed by atoms with van der Waals surface area (Å²) in [5.74, 6) is -0.527. The number of allylic oxidation sites excluding steroid dienone is 5. The van der Waals surface area contributed by atoms with E-state index >= 15 is 0 Å². The van der Waals surface area contributed by atoms with Crippen LogP contribution in [0.1, 0.15) is 367 Å². The molecule has 83 heavy (non-hydrogen) atoms. The van der Waals surface area contributed by atoms with Gasteiger partial charge in [0.15, 0.2) is 0 Å². The van der Waals surface area contributed by atoms with Crippen molar-refractivity contribution in [3.63, 3.8) is 0 Å².